The quantitative estimate of drug-likeness (QED) is 0.0199. The van der Waals surface area contributed by atoms with Gasteiger partial charge in [0.2, 0.25) is 0 Å². The summed E-state index contributed by atoms with van der Waals surface area (Å²) < 4.78 is 16.9. The predicted octanol–water partition coefficient (Wildman–Crippen LogP) is 20.0. The second kappa shape index (κ2) is 57.2. The lowest BCUT2D eigenvalue weighted by Crippen LogP contribution is -2.30. The van der Waals surface area contributed by atoms with E-state index in [0.29, 0.717) is 19.3 Å². The lowest BCUT2D eigenvalue weighted by atomic mass is 10.0. The summed E-state index contributed by atoms with van der Waals surface area (Å²) in [5.41, 5.74) is 0. The van der Waals surface area contributed by atoms with Crippen molar-refractivity contribution in [2.75, 3.05) is 13.2 Å². The number of allylic oxidation sites excluding steroid dienone is 6. The number of hydrogen-bond acceptors (Lipinski definition) is 6. The van der Waals surface area contributed by atoms with E-state index in [1.165, 1.54) is 205 Å². The maximum atomic E-state index is 12.9. The number of carbonyl (C=O) groups is 3. The van der Waals surface area contributed by atoms with Gasteiger partial charge in [0.05, 0.1) is 0 Å². The van der Waals surface area contributed by atoms with E-state index in [9.17, 15) is 14.4 Å². The summed E-state index contributed by atoms with van der Waals surface area (Å²) in [7, 11) is 0. The fourth-order valence-corrected chi connectivity index (χ4v) is 8.84. The van der Waals surface area contributed by atoms with Gasteiger partial charge in [0.15, 0.2) is 6.10 Å². The van der Waals surface area contributed by atoms with Crippen LogP contribution in [0.5, 0.6) is 0 Å². The van der Waals surface area contributed by atoms with Gasteiger partial charge in [-0.25, -0.2) is 0 Å². The Bertz CT molecular complexity index is 1140. The Hall–Kier alpha value is -2.37. The fourth-order valence-electron chi connectivity index (χ4n) is 8.84. The third kappa shape index (κ3) is 54.6. The molecule has 0 fully saturated rings. The number of unbranched alkanes of at least 4 members (excludes halogenated alkanes) is 39. The Balaban J connectivity index is 4.38. The van der Waals surface area contributed by atoms with Gasteiger partial charge in [-0.1, -0.05) is 269 Å². The van der Waals surface area contributed by atoms with E-state index in [-0.39, 0.29) is 31.1 Å². The van der Waals surface area contributed by atoms with Gasteiger partial charge in [-0.05, 0) is 70.6 Å². The van der Waals surface area contributed by atoms with Gasteiger partial charge in [0.25, 0.3) is 0 Å². The van der Waals surface area contributed by atoms with E-state index in [1.807, 2.05) is 0 Å². The molecule has 0 aliphatic carbocycles. The molecule has 0 aliphatic rings. The molecule has 1 atom stereocenters. The first-order chi connectivity index (χ1) is 33.5. The summed E-state index contributed by atoms with van der Waals surface area (Å²) in [6.45, 7) is 6.65. The van der Waals surface area contributed by atoms with Crippen LogP contribution < -0.4 is 0 Å². The summed E-state index contributed by atoms with van der Waals surface area (Å²) >= 11 is 0. The maximum Gasteiger partial charge on any atom is 0.306 e. The first-order valence-corrected chi connectivity index (χ1v) is 30.0. The van der Waals surface area contributed by atoms with Crippen LogP contribution in [0.15, 0.2) is 36.5 Å². The minimum absolute atomic E-state index is 0.0817. The highest BCUT2D eigenvalue weighted by molar-refractivity contribution is 5.71. The Morgan fingerprint density at radius 1 is 0.294 bits per heavy atom. The zero-order valence-electron chi connectivity index (χ0n) is 45.6. The largest absolute Gasteiger partial charge is 0.462 e. The molecular formula is C62H114O6. The summed E-state index contributed by atoms with van der Waals surface area (Å²) in [4.78, 5) is 38.2. The molecule has 0 bridgehead atoms. The molecule has 0 aliphatic heterocycles. The monoisotopic (exact) mass is 955 g/mol. The molecule has 1 unspecified atom stereocenters. The molecule has 0 aromatic carbocycles. The third-order valence-electron chi connectivity index (χ3n) is 13.4. The van der Waals surface area contributed by atoms with Crippen LogP contribution in [0.25, 0.3) is 0 Å². The van der Waals surface area contributed by atoms with Crippen molar-refractivity contribution >= 4 is 17.9 Å². The fraction of sp³-hybridized carbons (Fsp3) is 0.855. The van der Waals surface area contributed by atoms with Gasteiger partial charge in [0, 0.05) is 19.3 Å². The van der Waals surface area contributed by atoms with Crippen LogP contribution in [0.1, 0.15) is 323 Å². The summed E-state index contributed by atoms with van der Waals surface area (Å²) in [6, 6.07) is 0. The van der Waals surface area contributed by atoms with Crippen LogP contribution in [-0.2, 0) is 28.6 Å². The van der Waals surface area contributed by atoms with Crippen molar-refractivity contribution in [2.45, 2.75) is 329 Å². The van der Waals surface area contributed by atoms with Crippen LogP contribution in [0.2, 0.25) is 0 Å². The van der Waals surface area contributed by atoms with E-state index in [0.717, 1.165) is 77.0 Å². The van der Waals surface area contributed by atoms with Crippen LogP contribution >= 0.6 is 0 Å². The first-order valence-electron chi connectivity index (χ1n) is 30.0. The van der Waals surface area contributed by atoms with Crippen molar-refractivity contribution in [3.63, 3.8) is 0 Å². The van der Waals surface area contributed by atoms with Gasteiger partial charge in [-0.2, -0.15) is 0 Å². The second-order valence-corrected chi connectivity index (χ2v) is 20.3. The Morgan fingerprint density at radius 2 is 0.529 bits per heavy atom. The number of esters is 3. The zero-order valence-corrected chi connectivity index (χ0v) is 45.6. The van der Waals surface area contributed by atoms with E-state index in [1.54, 1.807) is 0 Å². The Labute approximate surface area is 423 Å². The van der Waals surface area contributed by atoms with Crippen molar-refractivity contribution in [1.29, 1.82) is 0 Å². The molecule has 6 heteroatoms. The van der Waals surface area contributed by atoms with Crippen molar-refractivity contribution < 1.29 is 28.6 Å². The molecule has 0 radical (unpaired) electrons. The van der Waals surface area contributed by atoms with E-state index >= 15 is 0 Å². The normalized spacial score (nSPS) is 12.2. The number of rotatable bonds is 55. The molecule has 0 N–H and O–H groups in total. The minimum Gasteiger partial charge on any atom is -0.462 e. The van der Waals surface area contributed by atoms with Crippen molar-refractivity contribution in [2.24, 2.45) is 0 Å². The number of hydrogen-bond donors (Lipinski definition) is 0. The maximum absolute atomic E-state index is 12.9. The van der Waals surface area contributed by atoms with Crippen LogP contribution in [-0.4, -0.2) is 37.2 Å². The standard InChI is InChI=1S/C62H114O6/c1-4-7-10-13-16-19-22-25-28-31-32-35-37-40-43-46-49-52-55-61(64)67-58-59(68-62(65)56-53-50-47-44-41-38-34-30-27-24-21-18-15-12-9-6-3)57-66-60(63)54-51-48-45-42-39-36-33-29-26-23-20-17-14-11-8-5-2/h30,32,34-35,38,41,59H,4-29,31,33,36-37,39-40,42-58H2,1-3H3/b34-30-,35-32-,41-38-. The Kier molecular flexibility index (Phi) is 55.2. The molecule has 0 saturated heterocycles. The first kappa shape index (κ1) is 65.6. The molecule has 0 amide bonds. The van der Waals surface area contributed by atoms with Gasteiger partial charge < -0.3 is 14.2 Å². The highest BCUT2D eigenvalue weighted by Crippen LogP contribution is 2.16. The minimum atomic E-state index is -0.787. The van der Waals surface area contributed by atoms with Crippen molar-refractivity contribution in [1.82, 2.24) is 0 Å². The SMILES string of the molecule is CCCCCCCCC/C=C\C=C/CCCCCC(=O)OC(COC(=O)CCCCCCC/C=C\CCCCCCCCCCC)COC(=O)CCCCCCCCCCCCCCCCCC. The lowest BCUT2D eigenvalue weighted by molar-refractivity contribution is -0.167. The van der Waals surface area contributed by atoms with Gasteiger partial charge in [-0.15, -0.1) is 0 Å². The molecule has 398 valence electrons. The van der Waals surface area contributed by atoms with Gasteiger partial charge in [0.1, 0.15) is 13.2 Å². The van der Waals surface area contributed by atoms with E-state index < -0.39 is 6.10 Å². The molecular weight excluding hydrogens is 841 g/mol. The van der Waals surface area contributed by atoms with Gasteiger partial charge in [-0.3, -0.25) is 14.4 Å². The highest BCUT2D eigenvalue weighted by atomic mass is 16.6. The number of ether oxygens (including phenoxy) is 3. The lowest BCUT2D eigenvalue weighted by Gasteiger charge is -2.18. The van der Waals surface area contributed by atoms with Gasteiger partial charge >= 0.3 is 17.9 Å². The van der Waals surface area contributed by atoms with Crippen LogP contribution in [0, 0.1) is 0 Å². The average molecular weight is 956 g/mol. The molecule has 68 heavy (non-hydrogen) atoms. The summed E-state index contributed by atoms with van der Waals surface area (Å²) in [5, 5.41) is 0. The molecule has 0 heterocycles. The number of carbonyl (C=O) groups excluding carboxylic acids is 3. The predicted molar refractivity (Wildman–Crippen MR) is 293 cm³/mol. The smallest absolute Gasteiger partial charge is 0.306 e. The average Bonchev–Trinajstić information content (AvgIpc) is 3.34. The molecule has 0 spiro atoms. The highest BCUT2D eigenvalue weighted by Gasteiger charge is 2.19. The second-order valence-electron chi connectivity index (χ2n) is 20.3. The van der Waals surface area contributed by atoms with Crippen LogP contribution in [0.3, 0.4) is 0 Å². The molecule has 0 aromatic heterocycles. The summed E-state index contributed by atoms with van der Waals surface area (Å²) in [6.07, 6.45) is 68.5. The molecule has 0 rings (SSSR count). The van der Waals surface area contributed by atoms with Crippen LogP contribution in [0.4, 0.5) is 0 Å². The van der Waals surface area contributed by atoms with E-state index in [4.69, 9.17) is 14.2 Å². The Morgan fingerprint density at radius 3 is 0.838 bits per heavy atom. The summed E-state index contributed by atoms with van der Waals surface area (Å²) in [5.74, 6) is -0.898. The van der Waals surface area contributed by atoms with Crippen molar-refractivity contribution in [3.05, 3.63) is 36.5 Å². The molecule has 6 nitrogen and oxygen atoms in total. The third-order valence-corrected chi connectivity index (χ3v) is 13.4. The zero-order chi connectivity index (χ0) is 49.3. The van der Waals surface area contributed by atoms with Crippen molar-refractivity contribution in [3.8, 4) is 0 Å². The topological polar surface area (TPSA) is 78.9 Å². The van der Waals surface area contributed by atoms with E-state index in [2.05, 4.69) is 57.2 Å². The molecule has 0 saturated carbocycles. The molecule has 0 aromatic rings.